The Labute approximate surface area is 65.6 Å². The van der Waals surface area contributed by atoms with Crippen molar-refractivity contribution in [1.29, 1.82) is 0 Å². The van der Waals surface area contributed by atoms with Crippen LogP contribution < -0.4 is 0 Å². The molecule has 0 aliphatic heterocycles. The van der Waals surface area contributed by atoms with Gasteiger partial charge in [0.15, 0.2) is 5.28 Å². The summed E-state index contributed by atoms with van der Waals surface area (Å²) in [4.78, 5) is 6.84. The fourth-order valence-corrected chi connectivity index (χ4v) is 1.05. The van der Waals surface area contributed by atoms with Crippen LogP contribution in [0.25, 0.3) is 0 Å². The van der Waals surface area contributed by atoms with E-state index < -0.39 is 0 Å². The van der Waals surface area contributed by atoms with E-state index in [0.29, 0.717) is 11.2 Å². The maximum absolute atomic E-state index is 5.58. The standard InChI is InChI=1S/C7H11ClN2/c1-5(2)3-6-4-9-7(8)10-6/h4-5H,3H2,1-2H3,(H,9,10). The lowest BCUT2D eigenvalue weighted by Gasteiger charge is -1.98. The normalized spacial score (nSPS) is 10.8. The minimum atomic E-state index is 0.482. The molecule has 0 atom stereocenters. The highest BCUT2D eigenvalue weighted by Gasteiger charge is 1.99. The van der Waals surface area contributed by atoms with E-state index in [9.17, 15) is 0 Å². The van der Waals surface area contributed by atoms with E-state index in [1.807, 2.05) is 0 Å². The van der Waals surface area contributed by atoms with Crippen LogP contribution in [0, 0.1) is 5.92 Å². The molecule has 1 N–H and O–H groups in total. The number of hydrogen-bond acceptors (Lipinski definition) is 1. The lowest BCUT2D eigenvalue weighted by atomic mass is 10.1. The monoisotopic (exact) mass is 158 g/mol. The lowest BCUT2D eigenvalue weighted by molar-refractivity contribution is 0.637. The number of aromatic nitrogens is 2. The van der Waals surface area contributed by atoms with Crippen molar-refractivity contribution in [3.63, 3.8) is 0 Å². The van der Waals surface area contributed by atoms with Crippen molar-refractivity contribution in [2.45, 2.75) is 20.3 Å². The van der Waals surface area contributed by atoms with Crippen LogP contribution in [-0.2, 0) is 6.42 Å². The second-order valence-electron chi connectivity index (χ2n) is 2.80. The zero-order valence-corrected chi connectivity index (χ0v) is 6.94. The smallest absolute Gasteiger partial charge is 0.200 e. The summed E-state index contributed by atoms with van der Waals surface area (Å²) in [6.45, 7) is 4.32. The fraction of sp³-hybridized carbons (Fsp3) is 0.571. The summed E-state index contributed by atoms with van der Waals surface area (Å²) >= 11 is 5.58. The molecule has 1 rings (SSSR count). The van der Waals surface area contributed by atoms with Crippen LogP contribution in [0.4, 0.5) is 0 Å². The van der Waals surface area contributed by atoms with Gasteiger partial charge < -0.3 is 4.98 Å². The molecule has 3 heteroatoms. The molecule has 0 aromatic carbocycles. The SMILES string of the molecule is CC(C)Cc1cnc(Cl)[nH]1. The molecule has 0 amide bonds. The number of rotatable bonds is 2. The zero-order valence-electron chi connectivity index (χ0n) is 6.19. The average molecular weight is 159 g/mol. The molecule has 1 aromatic rings. The molecule has 1 aromatic heterocycles. The van der Waals surface area contributed by atoms with Gasteiger partial charge in [-0.2, -0.15) is 0 Å². The number of nitrogens with one attached hydrogen (secondary N) is 1. The third kappa shape index (κ3) is 2.03. The van der Waals surface area contributed by atoms with Crippen molar-refractivity contribution in [3.8, 4) is 0 Å². The summed E-state index contributed by atoms with van der Waals surface area (Å²) in [5.74, 6) is 0.650. The first-order valence-electron chi connectivity index (χ1n) is 3.38. The molecule has 56 valence electrons. The van der Waals surface area contributed by atoms with Crippen molar-refractivity contribution in [1.82, 2.24) is 9.97 Å². The predicted octanol–water partition coefficient (Wildman–Crippen LogP) is 2.26. The Kier molecular flexibility index (Phi) is 2.33. The molecule has 2 nitrogen and oxygen atoms in total. The average Bonchev–Trinajstić information content (AvgIpc) is 2.13. The highest BCUT2D eigenvalue weighted by atomic mass is 35.5. The van der Waals surface area contributed by atoms with Crippen molar-refractivity contribution in [2.75, 3.05) is 0 Å². The van der Waals surface area contributed by atoms with Crippen LogP contribution in [0.2, 0.25) is 5.28 Å². The van der Waals surface area contributed by atoms with E-state index in [2.05, 4.69) is 23.8 Å². The molecule has 0 saturated heterocycles. The third-order valence-corrected chi connectivity index (χ3v) is 1.42. The van der Waals surface area contributed by atoms with Gasteiger partial charge in [0.2, 0.25) is 0 Å². The van der Waals surface area contributed by atoms with E-state index in [-0.39, 0.29) is 0 Å². The minimum Gasteiger partial charge on any atom is -0.333 e. The van der Waals surface area contributed by atoms with Gasteiger partial charge in [-0.25, -0.2) is 4.98 Å². The third-order valence-electron chi connectivity index (χ3n) is 1.23. The molecule has 1 heterocycles. The Morgan fingerprint density at radius 2 is 2.40 bits per heavy atom. The Morgan fingerprint density at radius 3 is 2.80 bits per heavy atom. The molecule has 0 aliphatic rings. The van der Waals surface area contributed by atoms with Gasteiger partial charge in [-0.3, -0.25) is 0 Å². The van der Waals surface area contributed by atoms with Crippen LogP contribution in [0.3, 0.4) is 0 Å². The van der Waals surface area contributed by atoms with Crippen LogP contribution >= 0.6 is 11.6 Å². The van der Waals surface area contributed by atoms with Gasteiger partial charge in [-0.15, -0.1) is 0 Å². The second kappa shape index (κ2) is 3.06. The van der Waals surface area contributed by atoms with Gasteiger partial charge in [0.25, 0.3) is 0 Å². The summed E-state index contributed by atoms with van der Waals surface area (Å²) in [5.41, 5.74) is 1.11. The molecule has 0 spiro atoms. The van der Waals surface area contributed by atoms with Gasteiger partial charge >= 0.3 is 0 Å². The molecule has 0 fully saturated rings. The zero-order chi connectivity index (χ0) is 7.56. The predicted molar refractivity (Wildman–Crippen MR) is 42.1 cm³/mol. The molecule has 0 unspecified atom stereocenters. The first-order chi connectivity index (χ1) is 4.68. The molecule has 0 aliphatic carbocycles. The minimum absolute atomic E-state index is 0.482. The van der Waals surface area contributed by atoms with Crippen molar-refractivity contribution in [2.24, 2.45) is 5.92 Å². The fourth-order valence-electron chi connectivity index (χ4n) is 0.875. The van der Waals surface area contributed by atoms with E-state index in [1.165, 1.54) is 0 Å². The number of imidazole rings is 1. The van der Waals surface area contributed by atoms with Crippen LogP contribution in [0.5, 0.6) is 0 Å². The van der Waals surface area contributed by atoms with Crippen molar-refractivity contribution >= 4 is 11.6 Å². The lowest BCUT2D eigenvalue weighted by Crippen LogP contribution is -1.93. The first kappa shape index (κ1) is 7.61. The van der Waals surface area contributed by atoms with E-state index in [0.717, 1.165) is 12.1 Å². The quantitative estimate of drug-likeness (QED) is 0.703. The highest BCUT2D eigenvalue weighted by molar-refractivity contribution is 6.28. The molecular weight excluding hydrogens is 148 g/mol. The van der Waals surface area contributed by atoms with Gasteiger partial charge in [0, 0.05) is 11.9 Å². The highest BCUT2D eigenvalue weighted by Crippen LogP contribution is 2.07. The Bertz CT molecular complexity index is 205. The number of hydrogen-bond donors (Lipinski definition) is 1. The first-order valence-corrected chi connectivity index (χ1v) is 3.75. The number of halogens is 1. The maximum atomic E-state index is 5.58. The molecule has 0 bridgehead atoms. The summed E-state index contributed by atoms with van der Waals surface area (Å²) in [5, 5.41) is 0.482. The Hall–Kier alpha value is -0.500. The van der Waals surface area contributed by atoms with Crippen LogP contribution in [0.15, 0.2) is 6.20 Å². The number of aromatic amines is 1. The molecule has 10 heavy (non-hydrogen) atoms. The topological polar surface area (TPSA) is 28.7 Å². The molecule has 0 radical (unpaired) electrons. The van der Waals surface area contributed by atoms with Gasteiger partial charge in [-0.1, -0.05) is 13.8 Å². The number of nitrogens with zero attached hydrogens (tertiary/aromatic N) is 1. The molecular formula is C7H11ClN2. The van der Waals surface area contributed by atoms with E-state index in [1.54, 1.807) is 6.20 Å². The van der Waals surface area contributed by atoms with Crippen LogP contribution in [0.1, 0.15) is 19.5 Å². The summed E-state index contributed by atoms with van der Waals surface area (Å²) in [6.07, 6.45) is 2.79. The summed E-state index contributed by atoms with van der Waals surface area (Å²) < 4.78 is 0. The Morgan fingerprint density at radius 1 is 1.70 bits per heavy atom. The Balaban J connectivity index is 2.58. The van der Waals surface area contributed by atoms with Gasteiger partial charge in [-0.05, 0) is 23.9 Å². The maximum Gasteiger partial charge on any atom is 0.200 e. The number of H-pyrrole nitrogens is 1. The van der Waals surface area contributed by atoms with Crippen LogP contribution in [-0.4, -0.2) is 9.97 Å². The summed E-state index contributed by atoms with van der Waals surface area (Å²) in [6, 6.07) is 0. The van der Waals surface area contributed by atoms with Gasteiger partial charge in [0.05, 0.1) is 0 Å². The second-order valence-corrected chi connectivity index (χ2v) is 3.16. The van der Waals surface area contributed by atoms with Gasteiger partial charge in [0.1, 0.15) is 0 Å². The van der Waals surface area contributed by atoms with Crippen molar-refractivity contribution in [3.05, 3.63) is 17.2 Å². The van der Waals surface area contributed by atoms with E-state index in [4.69, 9.17) is 11.6 Å². The van der Waals surface area contributed by atoms with Crippen molar-refractivity contribution < 1.29 is 0 Å². The van der Waals surface area contributed by atoms with E-state index >= 15 is 0 Å². The largest absolute Gasteiger partial charge is 0.333 e. The molecule has 0 saturated carbocycles. The summed E-state index contributed by atoms with van der Waals surface area (Å²) in [7, 11) is 0.